The number of hydrogen-bond donors (Lipinski definition) is 2. The number of aromatic nitrogens is 2. The summed E-state index contributed by atoms with van der Waals surface area (Å²) in [5.74, 6) is -0.316. The maximum absolute atomic E-state index is 13.2. The third kappa shape index (κ3) is 3.25. The molecule has 4 rings (SSSR count). The van der Waals surface area contributed by atoms with Gasteiger partial charge in [0.25, 0.3) is 5.91 Å². The van der Waals surface area contributed by atoms with Crippen molar-refractivity contribution < 1.29 is 13.9 Å². The first-order valence-corrected chi connectivity index (χ1v) is 9.13. The molecule has 3 aromatic rings. The van der Waals surface area contributed by atoms with E-state index in [4.69, 9.17) is 10.5 Å². The summed E-state index contributed by atoms with van der Waals surface area (Å²) in [4.78, 5) is 12.6. The molecule has 1 atom stereocenters. The van der Waals surface area contributed by atoms with E-state index in [0.29, 0.717) is 17.1 Å². The summed E-state index contributed by atoms with van der Waals surface area (Å²) in [6.07, 6.45) is 1.97. The van der Waals surface area contributed by atoms with E-state index in [9.17, 15) is 9.18 Å². The Kier molecular flexibility index (Phi) is 4.52. The van der Waals surface area contributed by atoms with Crippen LogP contribution in [0.1, 0.15) is 23.3 Å². The van der Waals surface area contributed by atoms with Crippen LogP contribution in [0.3, 0.4) is 0 Å². The van der Waals surface area contributed by atoms with E-state index in [0.717, 1.165) is 35.3 Å². The van der Waals surface area contributed by atoms with Gasteiger partial charge in [-0.05, 0) is 36.6 Å². The smallest absolute Gasteiger partial charge is 0.270 e. The molecule has 1 fully saturated rings. The first-order valence-electron chi connectivity index (χ1n) is 8.32. The molecular formula is C18H17FN4O2S. The van der Waals surface area contributed by atoms with Crippen molar-refractivity contribution in [2.45, 2.75) is 18.9 Å². The molecule has 1 aromatic carbocycles. The second kappa shape index (κ2) is 6.97. The maximum Gasteiger partial charge on any atom is 0.270 e. The average Bonchev–Trinajstić information content (AvgIpc) is 3.09. The molecule has 0 saturated carbocycles. The van der Waals surface area contributed by atoms with Gasteiger partial charge < -0.3 is 15.8 Å². The number of ether oxygens (including phenoxy) is 1. The lowest BCUT2D eigenvalue weighted by Gasteiger charge is -2.23. The fraction of sp³-hybridized carbons (Fsp3) is 0.278. The highest BCUT2D eigenvalue weighted by molar-refractivity contribution is 7.22. The summed E-state index contributed by atoms with van der Waals surface area (Å²) >= 11 is 1.39. The van der Waals surface area contributed by atoms with E-state index in [2.05, 4.69) is 15.5 Å². The summed E-state index contributed by atoms with van der Waals surface area (Å²) in [5.41, 5.74) is 6.46. The van der Waals surface area contributed by atoms with Crippen molar-refractivity contribution in [3.63, 3.8) is 0 Å². The molecule has 1 saturated heterocycles. The van der Waals surface area contributed by atoms with Crippen molar-refractivity contribution in [2.75, 3.05) is 18.5 Å². The number of carbonyl (C=O) groups excluding carboxylic acids is 1. The zero-order valence-corrected chi connectivity index (χ0v) is 14.7. The van der Waals surface area contributed by atoms with Gasteiger partial charge in [0, 0.05) is 16.9 Å². The van der Waals surface area contributed by atoms with Crippen LogP contribution in [0.25, 0.3) is 20.5 Å². The van der Waals surface area contributed by atoms with Gasteiger partial charge in [-0.15, -0.1) is 21.5 Å². The van der Waals surface area contributed by atoms with Crippen molar-refractivity contribution >= 4 is 33.1 Å². The predicted octanol–water partition coefficient (Wildman–Crippen LogP) is 3.19. The summed E-state index contributed by atoms with van der Waals surface area (Å²) in [6, 6.07) is 8.29. The Morgan fingerprint density at radius 2 is 2.12 bits per heavy atom. The fourth-order valence-corrected chi connectivity index (χ4v) is 4.17. The molecule has 0 radical (unpaired) electrons. The van der Waals surface area contributed by atoms with E-state index in [-0.39, 0.29) is 17.6 Å². The molecule has 134 valence electrons. The van der Waals surface area contributed by atoms with Crippen LogP contribution in [-0.2, 0) is 4.74 Å². The minimum atomic E-state index is -0.623. The van der Waals surface area contributed by atoms with Crippen LogP contribution in [0.15, 0.2) is 30.3 Å². The van der Waals surface area contributed by atoms with Gasteiger partial charge in [0.2, 0.25) is 0 Å². The molecule has 3 N–H and O–H groups in total. The van der Waals surface area contributed by atoms with Gasteiger partial charge in [-0.3, -0.25) is 4.79 Å². The number of primary amides is 1. The van der Waals surface area contributed by atoms with Crippen molar-refractivity contribution in [1.29, 1.82) is 0 Å². The first-order chi connectivity index (χ1) is 12.6. The number of rotatable bonds is 4. The minimum Gasteiger partial charge on any atom is -0.379 e. The number of halogens is 1. The van der Waals surface area contributed by atoms with Crippen LogP contribution in [0.2, 0.25) is 0 Å². The second-order valence-corrected chi connectivity index (χ2v) is 7.23. The van der Waals surface area contributed by atoms with Gasteiger partial charge in [0.05, 0.1) is 17.3 Å². The van der Waals surface area contributed by atoms with Gasteiger partial charge >= 0.3 is 0 Å². The van der Waals surface area contributed by atoms with Gasteiger partial charge in [-0.2, -0.15) is 0 Å². The highest BCUT2D eigenvalue weighted by Crippen LogP contribution is 2.37. The lowest BCUT2D eigenvalue weighted by atomic mass is 10.1. The molecule has 3 heterocycles. The number of anilines is 1. The molecule has 26 heavy (non-hydrogen) atoms. The monoisotopic (exact) mass is 372 g/mol. The van der Waals surface area contributed by atoms with E-state index in [1.54, 1.807) is 12.1 Å². The Bertz CT molecular complexity index is 952. The third-order valence-electron chi connectivity index (χ3n) is 4.32. The molecule has 8 heteroatoms. The Morgan fingerprint density at radius 1 is 1.31 bits per heavy atom. The van der Waals surface area contributed by atoms with Crippen LogP contribution >= 0.6 is 11.3 Å². The Labute approximate surface area is 153 Å². The molecule has 1 unspecified atom stereocenters. The zero-order valence-electron chi connectivity index (χ0n) is 13.9. The number of nitrogens with two attached hydrogens (primary N) is 1. The molecular weight excluding hydrogens is 355 g/mol. The van der Waals surface area contributed by atoms with Crippen LogP contribution in [0.4, 0.5) is 10.2 Å². The quantitative estimate of drug-likeness (QED) is 0.734. The maximum atomic E-state index is 13.2. The summed E-state index contributed by atoms with van der Waals surface area (Å²) in [7, 11) is 0. The molecule has 1 amide bonds. The number of fused-ring (bicyclic) bond motifs is 1. The van der Waals surface area contributed by atoms with Gasteiger partial charge in [-0.25, -0.2) is 4.39 Å². The fourth-order valence-electron chi connectivity index (χ4n) is 3.01. The third-order valence-corrected chi connectivity index (χ3v) is 5.51. The highest BCUT2D eigenvalue weighted by Gasteiger charge is 2.20. The Morgan fingerprint density at radius 3 is 2.81 bits per heavy atom. The van der Waals surface area contributed by atoms with Crippen molar-refractivity contribution in [2.24, 2.45) is 5.73 Å². The number of amides is 1. The van der Waals surface area contributed by atoms with Crippen molar-refractivity contribution in [1.82, 2.24) is 10.2 Å². The normalized spacial score (nSPS) is 17.3. The van der Waals surface area contributed by atoms with Gasteiger partial charge in [0.1, 0.15) is 5.82 Å². The lowest BCUT2D eigenvalue weighted by molar-refractivity contribution is 0.0875. The molecule has 0 spiro atoms. The predicted molar refractivity (Wildman–Crippen MR) is 98.8 cm³/mol. The number of carbonyl (C=O) groups is 1. The zero-order chi connectivity index (χ0) is 18.1. The number of benzene rings is 1. The van der Waals surface area contributed by atoms with Crippen molar-refractivity contribution in [3.05, 3.63) is 41.8 Å². The molecule has 0 bridgehead atoms. The number of nitrogens with one attached hydrogen (secondary N) is 1. The summed E-state index contributed by atoms with van der Waals surface area (Å²) in [5, 5.41) is 12.3. The van der Waals surface area contributed by atoms with Gasteiger partial charge in [0.15, 0.2) is 11.5 Å². The standard InChI is InChI=1S/C18H17FN4O2S/c19-11-5-3-10(4-6-11)14-8-13-16(26-14)15(17(20)24)22-23-18(13)21-12-2-1-7-25-9-12/h3-6,8,12H,1-2,7,9H2,(H2,20,24)(H,21,23). The second-order valence-electron chi connectivity index (χ2n) is 6.18. The number of nitrogens with zero attached hydrogens (tertiary/aromatic N) is 2. The summed E-state index contributed by atoms with van der Waals surface area (Å²) in [6.45, 7) is 1.38. The summed E-state index contributed by atoms with van der Waals surface area (Å²) < 4.78 is 19.4. The van der Waals surface area contributed by atoms with Crippen molar-refractivity contribution in [3.8, 4) is 10.4 Å². The Balaban J connectivity index is 1.78. The first kappa shape index (κ1) is 16.9. The van der Waals surface area contributed by atoms with Gasteiger partial charge in [-0.1, -0.05) is 12.1 Å². The molecule has 2 aromatic heterocycles. The Hall–Kier alpha value is -2.58. The molecule has 0 aliphatic carbocycles. The SMILES string of the molecule is NC(=O)c1nnc(NC2CCCOC2)c2cc(-c3ccc(F)cc3)sc12. The lowest BCUT2D eigenvalue weighted by Crippen LogP contribution is -2.30. The molecule has 6 nitrogen and oxygen atoms in total. The number of hydrogen-bond acceptors (Lipinski definition) is 6. The molecule has 1 aliphatic rings. The van der Waals surface area contributed by atoms with Crippen LogP contribution < -0.4 is 11.1 Å². The van der Waals surface area contributed by atoms with E-state index in [1.807, 2.05) is 6.07 Å². The molecule has 1 aliphatic heterocycles. The highest BCUT2D eigenvalue weighted by atomic mass is 32.1. The van der Waals surface area contributed by atoms with E-state index < -0.39 is 5.91 Å². The van der Waals surface area contributed by atoms with Crippen LogP contribution in [-0.4, -0.2) is 35.4 Å². The minimum absolute atomic E-state index is 0.142. The van der Waals surface area contributed by atoms with E-state index in [1.165, 1.54) is 23.5 Å². The number of thiophene rings is 1. The largest absolute Gasteiger partial charge is 0.379 e. The topological polar surface area (TPSA) is 90.1 Å². The van der Waals surface area contributed by atoms with Crippen LogP contribution in [0, 0.1) is 5.82 Å². The van der Waals surface area contributed by atoms with Crippen LogP contribution in [0.5, 0.6) is 0 Å². The van der Waals surface area contributed by atoms with E-state index >= 15 is 0 Å². The average molecular weight is 372 g/mol.